The number of nitrogens with one attached hydrogen (secondary N) is 2. The van der Waals surface area contributed by atoms with Crippen molar-refractivity contribution in [1.29, 1.82) is 0 Å². The second kappa shape index (κ2) is 7.46. The van der Waals surface area contributed by atoms with Crippen molar-refractivity contribution in [3.63, 3.8) is 0 Å². The highest BCUT2D eigenvalue weighted by Gasteiger charge is 2.18. The first-order valence-corrected chi connectivity index (χ1v) is 7.95. The van der Waals surface area contributed by atoms with Crippen molar-refractivity contribution in [2.24, 2.45) is 11.7 Å². The van der Waals surface area contributed by atoms with Crippen LogP contribution < -0.4 is 16.4 Å². The van der Waals surface area contributed by atoms with Crippen LogP contribution in [0.5, 0.6) is 0 Å². The number of carbonyl (C=O) groups excluding carboxylic acids is 1. The van der Waals surface area contributed by atoms with Crippen LogP contribution in [-0.4, -0.2) is 24.5 Å². The number of benzene rings is 1. The van der Waals surface area contributed by atoms with E-state index in [-0.39, 0.29) is 11.9 Å². The fourth-order valence-electron chi connectivity index (χ4n) is 2.77. The molecule has 0 aromatic heterocycles. The first-order valence-electron chi connectivity index (χ1n) is 7.95. The molecule has 4 N–H and O–H groups in total. The summed E-state index contributed by atoms with van der Waals surface area (Å²) in [5, 5.41) is 6.37. The van der Waals surface area contributed by atoms with Gasteiger partial charge in [0.2, 0.25) is 0 Å². The standard InChI is InChI=1S/C17H27N3O/c1-12(2)20-17(21)14-4-3-5-16(10-14)19-11-13-6-8-15(18)9-7-13/h3-5,10,12-13,15,19H,6-9,11,18H2,1-2H3,(H,20,21). The number of nitrogens with two attached hydrogens (primary N) is 1. The van der Waals surface area contributed by atoms with Crippen LogP contribution in [0, 0.1) is 5.92 Å². The van der Waals surface area contributed by atoms with E-state index >= 15 is 0 Å². The molecule has 0 aliphatic heterocycles. The van der Waals surface area contributed by atoms with Gasteiger partial charge in [0.15, 0.2) is 0 Å². The highest BCUT2D eigenvalue weighted by molar-refractivity contribution is 5.95. The van der Waals surface area contributed by atoms with Gasteiger partial charge in [0.25, 0.3) is 5.91 Å². The Morgan fingerprint density at radius 1 is 1.29 bits per heavy atom. The van der Waals surface area contributed by atoms with Gasteiger partial charge in [0, 0.05) is 29.9 Å². The number of hydrogen-bond donors (Lipinski definition) is 3. The lowest BCUT2D eigenvalue weighted by Gasteiger charge is -2.26. The summed E-state index contributed by atoms with van der Waals surface area (Å²) in [5.41, 5.74) is 7.66. The number of carbonyl (C=O) groups is 1. The minimum absolute atomic E-state index is 0.0164. The van der Waals surface area contributed by atoms with E-state index in [1.807, 2.05) is 38.1 Å². The zero-order valence-corrected chi connectivity index (χ0v) is 13.1. The Bertz CT molecular complexity index is 465. The third-order valence-corrected chi connectivity index (χ3v) is 4.03. The Balaban J connectivity index is 1.87. The molecule has 0 saturated heterocycles. The monoisotopic (exact) mass is 289 g/mol. The molecule has 21 heavy (non-hydrogen) atoms. The molecule has 1 aromatic carbocycles. The molecule has 0 spiro atoms. The molecule has 1 fully saturated rings. The van der Waals surface area contributed by atoms with Crippen molar-refractivity contribution in [3.05, 3.63) is 29.8 Å². The summed E-state index contributed by atoms with van der Waals surface area (Å²) in [6.07, 6.45) is 4.65. The topological polar surface area (TPSA) is 67.2 Å². The van der Waals surface area contributed by atoms with Crippen molar-refractivity contribution in [3.8, 4) is 0 Å². The molecule has 1 aliphatic rings. The molecule has 0 atom stereocenters. The largest absolute Gasteiger partial charge is 0.385 e. The fourth-order valence-corrected chi connectivity index (χ4v) is 2.77. The second-order valence-corrected chi connectivity index (χ2v) is 6.37. The molecule has 0 unspecified atom stereocenters. The number of anilines is 1. The fraction of sp³-hybridized carbons (Fsp3) is 0.588. The van der Waals surface area contributed by atoms with Crippen LogP contribution in [-0.2, 0) is 0 Å². The Labute approximate surface area is 127 Å². The summed E-state index contributed by atoms with van der Waals surface area (Å²) in [4.78, 5) is 12.0. The molecule has 4 nitrogen and oxygen atoms in total. The molecular weight excluding hydrogens is 262 g/mol. The van der Waals surface area contributed by atoms with Gasteiger partial charge in [-0.3, -0.25) is 4.79 Å². The van der Waals surface area contributed by atoms with Gasteiger partial charge >= 0.3 is 0 Å². The van der Waals surface area contributed by atoms with Crippen LogP contribution in [0.1, 0.15) is 49.9 Å². The minimum Gasteiger partial charge on any atom is -0.385 e. The molecule has 1 aliphatic carbocycles. The normalized spacial score (nSPS) is 22.1. The lowest BCUT2D eigenvalue weighted by Crippen LogP contribution is -2.30. The molecule has 0 bridgehead atoms. The third-order valence-electron chi connectivity index (χ3n) is 4.03. The summed E-state index contributed by atoms with van der Waals surface area (Å²) in [6, 6.07) is 8.26. The van der Waals surface area contributed by atoms with E-state index in [4.69, 9.17) is 5.73 Å². The maximum Gasteiger partial charge on any atom is 0.251 e. The average molecular weight is 289 g/mol. The van der Waals surface area contributed by atoms with Crippen LogP contribution in [0.4, 0.5) is 5.69 Å². The van der Waals surface area contributed by atoms with Crippen molar-refractivity contribution in [1.82, 2.24) is 5.32 Å². The summed E-state index contributed by atoms with van der Waals surface area (Å²) in [5.74, 6) is 0.676. The van der Waals surface area contributed by atoms with E-state index in [2.05, 4.69) is 10.6 Å². The zero-order valence-electron chi connectivity index (χ0n) is 13.1. The van der Waals surface area contributed by atoms with E-state index in [1.54, 1.807) is 0 Å². The molecule has 2 rings (SSSR count). The predicted octanol–water partition coefficient (Wildman–Crippen LogP) is 2.75. The van der Waals surface area contributed by atoms with Crippen molar-refractivity contribution >= 4 is 11.6 Å². The van der Waals surface area contributed by atoms with Gasteiger partial charge in [-0.15, -0.1) is 0 Å². The first kappa shape index (κ1) is 15.8. The van der Waals surface area contributed by atoms with Gasteiger partial charge in [0.05, 0.1) is 0 Å². The Kier molecular flexibility index (Phi) is 5.62. The summed E-state index contributed by atoms with van der Waals surface area (Å²) in [7, 11) is 0. The maximum absolute atomic E-state index is 12.0. The minimum atomic E-state index is -0.0164. The molecule has 1 amide bonds. The van der Waals surface area contributed by atoms with Gasteiger partial charge < -0.3 is 16.4 Å². The molecule has 4 heteroatoms. The molecule has 0 radical (unpaired) electrons. The SMILES string of the molecule is CC(C)NC(=O)c1cccc(NCC2CCC(N)CC2)c1. The van der Waals surface area contributed by atoms with Gasteiger partial charge in [-0.05, 0) is 63.6 Å². The van der Waals surface area contributed by atoms with Gasteiger partial charge in [0.1, 0.15) is 0 Å². The quantitative estimate of drug-likeness (QED) is 0.781. The Morgan fingerprint density at radius 2 is 2.00 bits per heavy atom. The van der Waals surface area contributed by atoms with Crippen LogP contribution in [0.15, 0.2) is 24.3 Å². The van der Waals surface area contributed by atoms with Crippen LogP contribution in [0.25, 0.3) is 0 Å². The highest BCUT2D eigenvalue weighted by atomic mass is 16.1. The number of hydrogen-bond acceptors (Lipinski definition) is 3. The zero-order chi connectivity index (χ0) is 15.2. The molecule has 1 saturated carbocycles. The Morgan fingerprint density at radius 3 is 2.67 bits per heavy atom. The second-order valence-electron chi connectivity index (χ2n) is 6.37. The number of amides is 1. The third kappa shape index (κ3) is 5.05. The van der Waals surface area contributed by atoms with Crippen molar-refractivity contribution in [2.45, 2.75) is 51.6 Å². The van der Waals surface area contributed by atoms with Gasteiger partial charge in [-0.25, -0.2) is 0 Å². The average Bonchev–Trinajstić information content (AvgIpc) is 2.46. The van der Waals surface area contributed by atoms with E-state index in [0.29, 0.717) is 17.5 Å². The van der Waals surface area contributed by atoms with Crippen LogP contribution >= 0.6 is 0 Å². The summed E-state index contributed by atoms with van der Waals surface area (Å²) < 4.78 is 0. The van der Waals surface area contributed by atoms with E-state index < -0.39 is 0 Å². The van der Waals surface area contributed by atoms with E-state index in [0.717, 1.165) is 25.1 Å². The lowest BCUT2D eigenvalue weighted by molar-refractivity contribution is 0.0943. The van der Waals surface area contributed by atoms with Gasteiger partial charge in [-0.1, -0.05) is 6.07 Å². The summed E-state index contributed by atoms with van der Waals surface area (Å²) >= 11 is 0. The first-order chi connectivity index (χ1) is 10.0. The molecule has 0 heterocycles. The van der Waals surface area contributed by atoms with E-state index in [1.165, 1.54) is 12.8 Å². The predicted molar refractivity (Wildman–Crippen MR) is 87.5 cm³/mol. The lowest BCUT2D eigenvalue weighted by atomic mass is 9.86. The van der Waals surface area contributed by atoms with Crippen molar-refractivity contribution < 1.29 is 4.79 Å². The van der Waals surface area contributed by atoms with Crippen LogP contribution in [0.2, 0.25) is 0 Å². The Hall–Kier alpha value is -1.55. The smallest absolute Gasteiger partial charge is 0.251 e. The molecule has 116 valence electrons. The maximum atomic E-state index is 12.0. The summed E-state index contributed by atoms with van der Waals surface area (Å²) in [6.45, 7) is 4.89. The van der Waals surface area contributed by atoms with Crippen LogP contribution in [0.3, 0.4) is 0 Å². The van der Waals surface area contributed by atoms with Crippen molar-refractivity contribution in [2.75, 3.05) is 11.9 Å². The van der Waals surface area contributed by atoms with E-state index in [9.17, 15) is 4.79 Å². The molecular formula is C17H27N3O. The highest BCUT2D eigenvalue weighted by Crippen LogP contribution is 2.23. The number of rotatable bonds is 5. The molecule has 1 aromatic rings. The van der Waals surface area contributed by atoms with Gasteiger partial charge in [-0.2, -0.15) is 0 Å².